The summed E-state index contributed by atoms with van der Waals surface area (Å²) in [6, 6.07) is 4.61. The first-order chi connectivity index (χ1) is 7.13. The number of hydrogen-bond acceptors (Lipinski definition) is 4. The number of rotatable bonds is 3. The molecule has 0 heterocycles. The summed E-state index contributed by atoms with van der Waals surface area (Å²) in [6.45, 7) is 1.37. The fourth-order valence-corrected chi connectivity index (χ4v) is 1.23. The van der Waals surface area contributed by atoms with Gasteiger partial charge in [-0.2, -0.15) is 5.26 Å². The Morgan fingerprint density at radius 1 is 1.53 bits per heavy atom. The molecule has 0 unspecified atom stereocenters. The summed E-state index contributed by atoms with van der Waals surface area (Å²) in [5, 5.41) is 8.76. The number of nitrogens with zero attached hydrogens (tertiary/aromatic N) is 1. The maximum absolute atomic E-state index is 11.2. The minimum Gasteiger partial charge on any atom is -0.496 e. The lowest BCUT2D eigenvalue weighted by Gasteiger charge is -2.07. The molecule has 4 heteroatoms. The fraction of sp³-hybridized carbons (Fsp3) is 0.182. The number of benzene rings is 1. The van der Waals surface area contributed by atoms with Crippen molar-refractivity contribution in [2.75, 3.05) is 7.11 Å². The van der Waals surface area contributed by atoms with Gasteiger partial charge >= 0.3 is 0 Å². The SMILES string of the molecule is COc1cc(C=O)c(C#N)cc1C(C)=O. The quantitative estimate of drug-likeness (QED) is 0.552. The molecule has 4 nitrogen and oxygen atoms in total. The van der Waals surface area contributed by atoms with Crippen LogP contribution in [0.5, 0.6) is 5.75 Å². The van der Waals surface area contributed by atoms with Gasteiger partial charge in [-0.15, -0.1) is 0 Å². The molecule has 0 fully saturated rings. The Bertz CT molecular complexity index is 458. The summed E-state index contributed by atoms with van der Waals surface area (Å²) >= 11 is 0. The van der Waals surface area contributed by atoms with E-state index in [-0.39, 0.29) is 16.9 Å². The molecule has 0 saturated heterocycles. The van der Waals surface area contributed by atoms with Gasteiger partial charge in [0.2, 0.25) is 0 Å². The van der Waals surface area contributed by atoms with Crippen molar-refractivity contribution in [2.24, 2.45) is 0 Å². The molecule has 0 aromatic heterocycles. The van der Waals surface area contributed by atoms with E-state index >= 15 is 0 Å². The molecule has 0 atom stereocenters. The van der Waals surface area contributed by atoms with Crippen LogP contribution in [0.25, 0.3) is 0 Å². The molecule has 0 aliphatic heterocycles. The second-order valence-corrected chi connectivity index (χ2v) is 2.93. The number of carbonyl (C=O) groups is 2. The summed E-state index contributed by atoms with van der Waals surface area (Å²) in [5.74, 6) is 0.101. The van der Waals surface area contributed by atoms with E-state index in [9.17, 15) is 9.59 Å². The molecular weight excluding hydrogens is 194 g/mol. The Hall–Kier alpha value is -2.15. The van der Waals surface area contributed by atoms with Crippen LogP contribution in [0.3, 0.4) is 0 Å². The van der Waals surface area contributed by atoms with Crippen LogP contribution in [-0.2, 0) is 0 Å². The van der Waals surface area contributed by atoms with Gasteiger partial charge in [-0.1, -0.05) is 0 Å². The van der Waals surface area contributed by atoms with Crippen molar-refractivity contribution < 1.29 is 14.3 Å². The van der Waals surface area contributed by atoms with Crippen LogP contribution < -0.4 is 4.74 Å². The number of ether oxygens (including phenoxy) is 1. The van der Waals surface area contributed by atoms with E-state index in [1.807, 2.05) is 6.07 Å². The van der Waals surface area contributed by atoms with Gasteiger partial charge in [0.05, 0.1) is 24.3 Å². The molecule has 0 radical (unpaired) electrons. The summed E-state index contributed by atoms with van der Waals surface area (Å²) in [4.78, 5) is 21.9. The number of methoxy groups -OCH3 is 1. The Morgan fingerprint density at radius 2 is 2.20 bits per heavy atom. The van der Waals surface area contributed by atoms with Crippen molar-refractivity contribution in [1.82, 2.24) is 0 Å². The maximum Gasteiger partial charge on any atom is 0.163 e. The molecular formula is C11H9NO3. The molecule has 0 bridgehead atoms. The zero-order valence-corrected chi connectivity index (χ0v) is 8.40. The fourth-order valence-electron chi connectivity index (χ4n) is 1.23. The third kappa shape index (κ3) is 2.02. The number of Topliss-reactive ketones (excluding diaryl/α,β-unsaturated/α-hetero) is 1. The monoisotopic (exact) mass is 203 g/mol. The van der Waals surface area contributed by atoms with Crippen molar-refractivity contribution >= 4 is 12.1 Å². The Kier molecular flexibility index (Phi) is 3.19. The zero-order valence-electron chi connectivity index (χ0n) is 8.40. The molecule has 0 saturated carbocycles. The smallest absolute Gasteiger partial charge is 0.163 e. The van der Waals surface area contributed by atoms with Gasteiger partial charge in [-0.25, -0.2) is 0 Å². The first kappa shape index (κ1) is 10.9. The van der Waals surface area contributed by atoms with E-state index in [4.69, 9.17) is 10.00 Å². The van der Waals surface area contributed by atoms with Gasteiger partial charge in [0.15, 0.2) is 12.1 Å². The highest BCUT2D eigenvalue weighted by Gasteiger charge is 2.12. The zero-order chi connectivity index (χ0) is 11.4. The Morgan fingerprint density at radius 3 is 2.60 bits per heavy atom. The summed E-state index contributed by atoms with van der Waals surface area (Å²) < 4.78 is 4.96. The second kappa shape index (κ2) is 4.38. The first-order valence-electron chi connectivity index (χ1n) is 4.22. The average Bonchev–Trinajstić information content (AvgIpc) is 2.26. The number of carbonyl (C=O) groups excluding carboxylic acids is 2. The van der Waals surface area contributed by atoms with E-state index in [1.165, 1.54) is 26.2 Å². The largest absolute Gasteiger partial charge is 0.496 e. The number of aldehydes is 1. The summed E-state index contributed by atoms with van der Waals surface area (Å²) in [5.41, 5.74) is 0.704. The molecule has 0 aliphatic rings. The number of nitriles is 1. The Labute approximate surface area is 87.1 Å². The maximum atomic E-state index is 11.2. The van der Waals surface area contributed by atoms with Crippen molar-refractivity contribution in [3.8, 4) is 11.8 Å². The van der Waals surface area contributed by atoms with Gasteiger partial charge in [-0.3, -0.25) is 9.59 Å². The van der Waals surface area contributed by atoms with Gasteiger partial charge in [-0.05, 0) is 19.1 Å². The van der Waals surface area contributed by atoms with Crippen molar-refractivity contribution in [3.63, 3.8) is 0 Å². The van der Waals surface area contributed by atoms with Crippen molar-refractivity contribution in [3.05, 3.63) is 28.8 Å². The van der Waals surface area contributed by atoms with Gasteiger partial charge in [0, 0.05) is 5.56 Å². The minimum atomic E-state index is -0.208. The molecule has 1 rings (SSSR count). The molecule has 1 aromatic carbocycles. The molecule has 15 heavy (non-hydrogen) atoms. The van der Waals surface area contributed by atoms with Gasteiger partial charge in [0.1, 0.15) is 5.75 Å². The Balaban J connectivity index is 3.49. The van der Waals surface area contributed by atoms with Crippen molar-refractivity contribution in [2.45, 2.75) is 6.92 Å². The molecule has 1 aromatic rings. The standard InChI is InChI=1S/C11H9NO3/c1-7(14)10-3-8(5-12)9(6-13)4-11(10)15-2/h3-4,6H,1-2H3. The first-order valence-corrected chi connectivity index (χ1v) is 4.22. The second-order valence-electron chi connectivity index (χ2n) is 2.93. The van der Waals surface area contributed by atoms with Crippen LogP contribution >= 0.6 is 0 Å². The van der Waals surface area contributed by atoms with Crippen LogP contribution in [-0.4, -0.2) is 19.2 Å². The number of ketones is 1. The highest BCUT2D eigenvalue weighted by Crippen LogP contribution is 2.23. The normalized spacial score (nSPS) is 9.13. The van der Waals surface area contributed by atoms with Crippen LogP contribution in [0.4, 0.5) is 0 Å². The predicted octanol–water partition coefficient (Wildman–Crippen LogP) is 1.58. The topological polar surface area (TPSA) is 67.2 Å². The highest BCUT2D eigenvalue weighted by molar-refractivity contribution is 5.98. The summed E-state index contributed by atoms with van der Waals surface area (Å²) in [7, 11) is 1.41. The molecule has 76 valence electrons. The lowest BCUT2D eigenvalue weighted by Crippen LogP contribution is -2.01. The summed E-state index contributed by atoms with van der Waals surface area (Å²) in [6.07, 6.45) is 0.561. The van der Waals surface area contributed by atoms with E-state index in [2.05, 4.69) is 0 Å². The van der Waals surface area contributed by atoms with Crippen LogP contribution in [0.2, 0.25) is 0 Å². The van der Waals surface area contributed by atoms with E-state index < -0.39 is 0 Å². The van der Waals surface area contributed by atoms with Crippen LogP contribution in [0.1, 0.15) is 33.2 Å². The molecule has 0 N–H and O–H groups in total. The van der Waals surface area contributed by atoms with E-state index in [0.29, 0.717) is 17.6 Å². The van der Waals surface area contributed by atoms with Crippen molar-refractivity contribution in [1.29, 1.82) is 5.26 Å². The predicted molar refractivity (Wildman–Crippen MR) is 53.1 cm³/mol. The molecule has 0 aliphatic carbocycles. The van der Waals surface area contributed by atoms with Gasteiger partial charge < -0.3 is 4.74 Å². The lowest BCUT2D eigenvalue weighted by atomic mass is 10.0. The van der Waals surface area contributed by atoms with E-state index in [1.54, 1.807) is 0 Å². The average molecular weight is 203 g/mol. The highest BCUT2D eigenvalue weighted by atomic mass is 16.5. The number of hydrogen-bond donors (Lipinski definition) is 0. The third-order valence-corrected chi connectivity index (χ3v) is 2.00. The molecule has 0 spiro atoms. The van der Waals surface area contributed by atoms with E-state index in [0.717, 1.165) is 0 Å². The van der Waals surface area contributed by atoms with Crippen LogP contribution in [0, 0.1) is 11.3 Å². The third-order valence-electron chi connectivity index (χ3n) is 2.00. The molecule has 0 amide bonds. The van der Waals surface area contributed by atoms with Gasteiger partial charge in [0.25, 0.3) is 0 Å². The van der Waals surface area contributed by atoms with Crippen LogP contribution in [0.15, 0.2) is 12.1 Å². The lowest BCUT2D eigenvalue weighted by molar-refractivity contribution is 0.101. The minimum absolute atomic E-state index is 0.177.